The van der Waals surface area contributed by atoms with E-state index in [1.165, 1.54) is 44.1 Å². The van der Waals surface area contributed by atoms with E-state index in [1.54, 1.807) is 135 Å². The lowest BCUT2D eigenvalue weighted by molar-refractivity contribution is -0.238. The van der Waals surface area contributed by atoms with Crippen LogP contribution in [0.15, 0.2) is 170 Å². The number of aryl methyl sites for hydroxylation is 4. The fourth-order valence-electron chi connectivity index (χ4n) is 14.2. The monoisotopic (exact) mass is 1930 g/mol. The topological polar surface area (TPSA) is 469 Å². The van der Waals surface area contributed by atoms with Crippen molar-refractivity contribution in [2.45, 2.75) is 211 Å². The third-order valence-corrected chi connectivity index (χ3v) is 22.4. The molecule has 0 heterocycles. The maximum atomic E-state index is 13.2. The number of nitriles is 3. The van der Waals surface area contributed by atoms with E-state index in [2.05, 4.69) is 75.2 Å². The van der Waals surface area contributed by atoms with E-state index in [4.69, 9.17) is 67.9 Å². The second-order valence-corrected chi connectivity index (χ2v) is 33.5. The van der Waals surface area contributed by atoms with Crippen molar-refractivity contribution in [3.63, 3.8) is 0 Å². The van der Waals surface area contributed by atoms with E-state index in [1.807, 2.05) is 113 Å². The molecule has 8 rings (SSSR count). The van der Waals surface area contributed by atoms with Gasteiger partial charge >= 0.3 is 54.2 Å². The maximum Gasteiger partial charge on any atom is 0.344 e. The van der Waals surface area contributed by atoms with Gasteiger partial charge in [0.15, 0.2) is 53.4 Å². The average molecular weight is 1930 g/mol. The summed E-state index contributed by atoms with van der Waals surface area (Å²) in [7, 11) is 7.43. The van der Waals surface area contributed by atoms with Crippen LogP contribution in [0.5, 0.6) is 40.2 Å². The van der Waals surface area contributed by atoms with Crippen molar-refractivity contribution in [3.05, 3.63) is 248 Å². The molecule has 0 bridgehead atoms. The molecular formula is C108H132N4O28. The Labute approximate surface area is 820 Å². The smallest absolute Gasteiger partial charge is 0.344 e. The normalized spacial score (nSPS) is 11.8. The number of methoxy groups -OCH3 is 5. The van der Waals surface area contributed by atoms with E-state index in [0.717, 1.165) is 54.1 Å². The molecule has 0 saturated heterocycles. The molecule has 8 aromatic carbocycles. The van der Waals surface area contributed by atoms with Crippen LogP contribution in [0.3, 0.4) is 0 Å². The summed E-state index contributed by atoms with van der Waals surface area (Å²) in [5, 5.41) is 55.3. The van der Waals surface area contributed by atoms with Crippen molar-refractivity contribution in [1.29, 1.82) is 15.8 Å². The van der Waals surface area contributed by atoms with Gasteiger partial charge in [0.05, 0.1) is 87.9 Å². The number of Topliss-reactive ketones (excluding diaryl/α,β-unsaturated/α-hetero) is 1. The number of aromatic hydroxyl groups is 1. The Bertz CT molecular complexity index is 5490. The highest BCUT2D eigenvalue weighted by molar-refractivity contribution is 6.11. The Kier molecular flexibility index (Phi) is 52.7. The summed E-state index contributed by atoms with van der Waals surface area (Å²) < 4.78 is 59.5. The van der Waals surface area contributed by atoms with Crippen LogP contribution in [0.2, 0.25) is 0 Å². The number of carbonyl (C=O) groups is 12. The number of anilines is 1. The summed E-state index contributed by atoms with van der Waals surface area (Å²) in [4.78, 5) is 142. The highest BCUT2D eigenvalue weighted by atomic mass is 17.1. The molecule has 0 aromatic heterocycles. The molecular weight excluding hydrogens is 1800 g/mol. The van der Waals surface area contributed by atoms with Crippen molar-refractivity contribution in [2.75, 3.05) is 67.3 Å². The number of hydrogen-bond donors (Lipinski definition) is 4. The van der Waals surface area contributed by atoms with E-state index < -0.39 is 76.5 Å². The van der Waals surface area contributed by atoms with E-state index in [9.17, 15) is 73.0 Å². The van der Waals surface area contributed by atoms with Gasteiger partial charge in [0, 0.05) is 23.2 Å². The predicted molar refractivity (Wildman–Crippen MR) is 524 cm³/mol. The zero-order chi connectivity index (χ0) is 106. The summed E-state index contributed by atoms with van der Waals surface area (Å²) in [5.41, 5.74) is 7.44. The second kappa shape index (κ2) is 61.1. The Morgan fingerprint density at radius 3 is 1.48 bits per heavy atom. The number of carboxylic acids is 1. The Balaban J connectivity index is 0.000000581. The molecule has 752 valence electrons. The number of rotatable bonds is 42. The summed E-state index contributed by atoms with van der Waals surface area (Å²) >= 11 is 0. The Morgan fingerprint density at radius 1 is 0.536 bits per heavy atom. The van der Waals surface area contributed by atoms with E-state index in [0.29, 0.717) is 81.2 Å². The number of phenolic OH excluding ortho intramolecular Hbond substituents is 1. The first-order valence-corrected chi connectivity index (χ1v) is 45.0. The predicted octanol–water partition coefficient (Wildman–Crippen LogP) is 20.5. The second-order valence-electron chi connectivity index (χ2n) is 33.5. The fourth-order valence-corrected chi connectivity index (χ4v) is 14.2. The standard InChI is InChI=1S/C30H31NO7.C24H29NO3.C16H25NO6.C15H19NO2.2C10H12O3.C3H4O4/c1-5-20-16-25(27(32)6-2)26(30(35)37-18-28(33)36-7-3)17-24(20)29(34)31-21-10-14-23(15-11-21)38-22-12-8-19(4)9-13-22;1-5-24(4,17-23(2,3)19-10-12-21(26)13-11-19)20-8-6-18(7-9-20)16-28-22(27)14-15-25;1-6-16(4,11-15(2,3)13(19)21-5)14(20)23-10-9-22-12(18)7-8-17;1-4-11(3)12-6-8-13(9-7-12)15(5-2,10-16)14(17)18;2*1-7-4-8(6-11)10(13-3)9(5-7)12-2;1-3(7-5)6-2-4/h8-17H,5-7,18H2,1-4H3,(H,31,34);6-13,26H,5,14,16-17H2,1-4H3;6-7,9-11H2,1-5H3;6-9,11H,4-5H2,1-3H3,(H,17,18);2*4-6H,1-3H3;2,5H,1H2/t;;;11?,15-;;;/m...0.../s1. The Hall–Kier alpha value is -15.2. The molecule has 0 aliphatic rings. The molecule has 0 radical (unpaired) electrons. The van der Waals surface area contributed by atoms with Crippen molar-refractivity contribution in [3.8, 4) is 58.5 Å². The van der Waals surface area contributed by atoms with Crippen LogP contribution in [0.1, 0.15) is 262 Å². The van der Waals surface area contributed by atoms with Crippen molar-refractivity contribution in [2.24, 2.45) is 10.8 Å². The van der Waals surface area contributed by atoms with Gasteiger partial charge in [-0.15, -0.1) is 0 Å². The lowest BCUT2D eigenvalue weighted by Gasteiger charge is -2.38. The van der Waals surface area contributed by atoms with Crippen LogP contribution in [0, 0.1) is 65.6 Å². The number of ether oxygens (including phenoxy) is 12. The number of aldehydes is 2. The quantitative estimate of drug-likeness (QED) is 0.00403. The number of ketones is 1. The number of benzene rings is 8. The molecule has 0 saturated carbocycles. The molecule has 32 nitrogen and oxygen atoms in total. The maximum absolute atomic E-state index is 13.2. The van der Waals surface area contributed by atoms with Crippen LogP contribution < -0.4 is 29.0 Å². The van der Waals surface area contributed by atoms with Gasteiger partial charge in [-0.3, -0.25) is 47.9 Å². The van der Waals surface area contributed by atoms with Crippen LogP contribution >= 0.6 is 0 Å². The molecule has 0 fully saturated rings. The van der Waals surface area contributed by atoms with Gasteiger partial charge in [0.25, 0.3) is 5.91 Å². The number of carboxylic acid groups (broad SMARTS) is 1. The molecule has 0 spiro atoms. The van der Waals surface area contributed by atoms with Crippen molar-refractivity contribution in [1.82, 2.24) is 0 Å². The Morgan fingerprint density at radius 2 is 1.05 bits per heavy atom. The van der Waals surface area contributed by atoms with Crippen LogP contribution in [0.25, 0.3) is 0 Å². The van der Waals surface area contributed by atoms with Gasteiger partial charge < -0.3 is 77.3 Å². The number of aliphatic carboxylic acids is 1. The van der Waals surface area contributed by atoms with Gasteiger partial charge in [-0.2, -0.15) is 21.0 Å². The molecule has 0 aliphatic carbocycles. The van der Waals surface area contributed by atoms with Gasteiger partial charge in [-0.05, 0) is 246 Å². The van der Waals surface area contributed by atoms with Gasteiger partial charge in [0.1, 0.15) is 49.9 Å². The van der Waals surface area contributed by atoms with Gasteiger partial charge in [-0.1, -0.05) is 148 Å². The summed E-state index contributed by atoms with van der Waals surface area (Å²) in [6, 6.07) is 53.0. The average Bonchev–Trinajstić information content (AvgIpc) is 0.789. The lowest BCUT2D eigenvalue weighted by Crippen LogP contribution is -2.38. The van der Waals surface area contributed by atoms with Crippen LogP contribution in [-0.4, -0.2) is 150 Å². The van der Waals surface area contributed by atoms with Crippen molar-refractivity contribution >= 4 is 78.2 Å². The molecule has 140 heavy (non-hydrogen) atoms. The number of phenols is 1. The molecule has 4 N–H and O–H groups in total. The number of nitrogens with one attached hydrogen (secondary N) is 1. The zero-order valence-corrected chi connectivity index (χ0v) is 84.0. The summed E-state index contributed by atoms with van der Waals surface area (Å²) in [5.74, 6) is -1.67. The van der Waals surface area contributed by atoms with Crippen LogP contribution in [0.4, 0.5) is 5.69 Å². The lowest BCUT2D eigenvalue weighted by atomic mass is 9.66. The number of hydrogen-bond acceptors (Lipinski definition) is 30. The number of esters is 6. The molecule has 8 aromatic rings. The summed E-state index contributed by atoms with van der Waals surface area (Å²) in [6.45, 7) is 35.4. The number of nitrogens with zero attached hydrogens (tertiary/aromatic N) is 3. The molecule has 0 aliphatic heterocycles. The number of carbonyl (C=O) groups excluding carboxylic acids is 11. The zero-order valence-electron chi connectivity index (χ0n) is 84.0. The number of amides is 1. The highest BCUT2D eigenvalue weighted by Gasteiger charge is 2.43. The van der Waals surface area contributed by atoms with Gasteiger partial charge in [-0.25, -0.2) is 9.59 Å². The van der Waals surface area contributed by atoms with Crippen LogP contribution in [-0.2, 0) is 101 Å². The molecule has 1 amide bonds. The summed E-state index contributed by atoms with van der Waals surface area (Å²) in [6.07, 6.45) is 5.57. The SMILES string of the molecule is C=C(OO)OC=O.CCC(C)(CC(C)(C)C(=O)OC)C(=O)OCCOC(=O)CC#N.CCC(C)(CC(C)(C)c1ccc(O)cc1)c1ccc(COC(=O)CC#N)cc1.CCC(C)c1ccc([C@@](C#N)(CC)C(=O)O)cc1.CCOC(=O)COC(=O)c1cc(C(=O)Nc2ccc(Oc3ccc(C)cc3)cc2)c(CC)cc1C(=O)CC.COc1cc(C)cc(C=O)c1OC.COc1cc(C)cc(C=O)c1OC. The molecule has 4 atom stereocenters. The van der Waals surface area contributed by atoms with Crippen molar-refractivity contribution < 1.29 is 135 Å². The van der Waals surface area contributed by atoms with E-state index in [-0.39, 0.29) is 104 Å². The van der Waals surface area contributed by atoms with E-state index >= 15 is 0 Å². The first-order chi connectivity index (χ1) is 66.3. The minimum atomic E-state index is -1.42. The van der Waals surface area contributed by atoms with Gasteiger partial charge in [0.2, 0.25) is 0 Å². The highest BCUT2D eigenvalue weighted by Crippen LogP contribution is 2.43. The largest absolute Gasteiger partial charge is 0.508 e. The first-order valence-electron chi connectivity index (χ1n) is 45.0. The molecule has 3 unspecified atom stereocenters. The third kappa shape index (κ3) is 38.4. The molecule has 32 heteroatoms. The first kappa shape index (κ1) is 121. The third-order valence-electron chi connectivity index (χ3n) is 22.4. The minimum Gasteiger partial charge on any atom is -0.508 e. The fraction of sp³-hybridized carbons (Fsp3) is 0.398. The minimum absolute atomic E-state index is 0.0165.